The predicted octanol–water partition coefficient (Wildman–Crippen LogP) is 2.30. The Morgan fingerprint density at radius 3 is 2.59 bits per heavy atom. The number of nitro benzene ring substituents is 2. The van der Waals surface area contributed by atoms with Gasteiger partial charge in [-0.05, 0) is 6.07 Å². The minimum atomic E-state index is -0.709. The van der Waals surface area contributed by atoms with Gasteiger partial charge in [0.15, 0.2) is 0 Å². The molecule has 0 fully saturated rings. The number of rotatable bonds is 5. The summed E-state index contributed by atoms with van der Waals surface area (Å²) in [6.45, 7) is 0. The van der Waals surface area contributed by atoms with E-state index in [1.165, 1.54) is 18.3 Å². The van der Waals surface area contributed by atoms with E-state index in [-0.39, 0.29) is 11.4 Å². The molecule has 0 aliphatic heterocycles. The van der Waals surface area contributed by atoms with Gasteiger partial charge in [0.25, 0.3) is 5.69 Å². The van der Waals surface area contributed by atoms with E-state index in [2.05, 4.69) is 26.5 Å². The monoisotopic (exact) mass is 302 g/mol. The first kappa shape index (κ1) is 13.0. The summed E-state index contributed by atoms with van der Waals surface area (Å²) in [5.74, 6) is 0. The van der Waals surface area contributed by atoms with Gasteiger partial charge < -0.3 is 0 Å². The first-order valence-electron chi connectivity index (χ1n) is 4.32. The maximum atomic E-state index is 10.7. The average Bonchev–Trinajstić information content (AvgIpc) is 2.29. The molecule has 1 rings (SSSR count). The summed E-state index contributed by atoms with van der Waals surface area (Å²) in [5, 5.41) is 25.4. The quantitative estimate of drug-likeness (QED) is 0.388. The molecule has 90 valence electrons. The van der Waals surface area contributed by atoms with Crippen LogP contribution < -0.4 is 5.43 Å². The molecule has 0 radical (unpaired) electrons. The molecule has 0 aliphatic carbocycles. The molecule has 1 N–H and O–H groups in total. The largest absolute Gasteiger partial charge is 0.301 e. The third-order valence-electron chi connectivity index (χ3n) is 1.73. The Bertz CT molecular complexity index is 477. The van der Waals surface area contributed by atoms with Crippen molar-refractivity contribution < 1.29 is 9.85 Å². The number of hydrogen-bond acceptors (Lipinski definition) is 6. The van der Waals surface area contributed by atoms with Crippen LogP contribution in [0.2, 0.25) is 0 Å². The number of nitro groups is 2. The SMILES string of the molecule is O=[N+]([O-])c1ccc(N/N=C/CBr)c([N+](=O)[O-])c1. The maximum Gasteiger partial charge on any atom is 0.301 e. The zero-order valence-corrected chi connectivity index (χ0v) is 9.96. The molecule has 0 atom stereocenters. The number of non-ortho nitro benzene ring substituents is 1. The van der Waals surface area contributed by atoms with Gasteiger partial charge in [0, 0.05) is 17.6 Å². The summed E-state index contributed by atoms with van der Waals surface area (Å²) in [4.78, 5) is 19.8. The van der Waals surface area contributed by atoms with Gasteiger partial charge in [0.2, 0.25) is 0 Å². The van der Waals surface area contributed by atoms with Crippen molar-refractivity contribution in [1.29, 1.82) is 0 Å². The summed E-state index contributed by atoms with van der Waals surface area (Å²) >= 11 is 3.09. The zero-order valence-electron chi connectivity index (χ0n) is 8.37. The van der Waals surface area contributed by atoms with Crippen LogP contribution in [0.25, 0.3) is 0 Å². The Balaban J connectivity index is 3.08. The Labute approximate surface area is 104 Å². The first-order chi connectivity index (χ1) is 8.06. The van der Waals surface area contributed by atoms with E-state index in [4.69, 9.17) is 0 Å². The summed E-state index contributed by atoms with van der Waals surface area (Å²) < 4.78 is 0. The van der Waals surface area contributed by atoms with Crippen LogP contribution in [-0.2, 0) is 0 Å². The van der Waals surface area contributed by atoms with E-state index in [1.807, 2.05) is 0 Å². The fourth-order valence-corrected chi connectivity index (χ4v) is 1.17. The minimum absolute atomic E-state index is 0.0952. The number of hydrazone groups is 1. The highest BCUT2D eigenvalue weighted by Gasteiger charge is 2.18. The van der Waals surface area contributed by atoms with Crippen LogP contribution in [-0.4, -0.2) is 21.4 Å². The zero-order chi connectivity index (χ0) is 12.8. The highest BCUT2D eigenvalue weighted by molar-refractivity contribution is 9.09. The molecule has 0 amide bonds. The molecule has 0 saturated heterocycles. The van der Waals surface area contributed by atoms with Crippen LogP contribution in [0.5, 0.6) is 0 Å². The highest BCUT2D eigenvalue weighted by atomic mass is 79.9. The average molecular weight is 303 g/mol. The second-order valence-electron chi connectivity index (χ2n) is 2.79. The van der Waals surface area contributed by atoms with Crippen molar-refractivity contribution in [3.05, 3.63) is 38.4 Å². The summed E-state index contributed by atoms with van der Waals surface area (Å²) in [6, 6.07) is 3.28. The van der Waals surface area contributed by atoms with Crippen LogP contribution in [0, 0.1) is 20.2 Å². The molecule has 8 nitrogen and oxygen atoms in total. The maximum absolute atomic E-state index is 10.7. The first-order valence-corrected chi connectivity index (χ1v) is 5.44. The van der Waals surface area contributed by atoms with E-state index in [0.29, 0.717) is 5.33 Å². The van der Waals surface area contributed by atoms with Gasteiger partial charge in [-0.15, -0.1) is 0 Å². The lowest BCUT2D eigenvalue weighted by molar-refractivity contribution is -0.393. The summed E-state index contributed by atoms with van der Waals surface area (Å²) in [6.07, 6.45) is 1.45. The van der Waals surface area contributed by atoms with Gasteiger partial charge >= 0.3 is 5.69 Å². The van der Waals surface area contributed by atoms with Crippen molar-refractivity contribution in [2.24, 2.45) is 5.10 Å². The minimum Gasteiger partial charge on any atom is -0.272 e. The van der Waals surface area contributed by atoms with E-state index in [0.717, 1.165) is 6.07 Å². The number of alkyl halides is 1. The number of halogens is 1. The molecule has 0 heterocycles. The van der Waals surface area contributed by atoms with Crippen LogP contribution in [0.4, 0.5) is 17.1 Å². The van der Waals surface area contributed by atoms with Gasteiger partial charge in [-0.3, -0.25) is 25.7 Å². The number of nitrogens with one attached hydrogen (secondary N) is 1. The van der Waals surface area contributed by atoms with E-state index in [1.54, 1.807) is 0 Å². The van der Waals surface area contributed by atoms with Crippen LogP contribution in [0.3, 0.4) is 0 Å². The lowest BCUT2D eigenvalue weighted by Gasteiger charge is -2.01. The normalized spacial score (nSPS) is 10.4. The third-order valence-corrected chi connectivity index (χ3v) is 2.02. The van der Waals surface area contributed by atoms with Crippen LogP contribution in [0.15, 0.2) is 23.3 Å². The smallest absolute Gasteiger partial charge is 0.272 e. The molecular formula is C8H7BrN4O4. The van der Waals surface area contributed by atoms with Crippen LogP contribution in [0.1, 0.15) is 0 Å². The van der Waals surface area contributed by atoms with Crippen molar-refractivity contribution in [3.8, 4) is 0 Å². The number of hydrogen-bond donors (Lipinski definition) is 1. The van der Waals surface area contributed by atoms with E-state index >= 15 is 0 Å². The molecule has 17 heavy (non-hydrogen) atoms. The van der Waals surface area contributed by atoms with Crippen molar-refractivity contribution in [1.82, 2.24) is 0 Å². The Hall–Kier alpha value is -2.03. The van der Waals surface area contributed by atoms with Crippen LogP contribution >= 0.6 is 15.9 Å². The van der Waals surface area contributed by atoms with Gasteiger partial charge in [0.05, 0.1) is 15.9 Å². The van der Waals surface area contributed by atoms with Crippen molar-refractivity contribution in [2.75, 3.05) is 10.8 Å². The molecule has 0 bridgehead atoms. The van der Waals surface area contributed by atoms with Crippen molar-refractivity contribution in [3.63, 3.8) is 0 Å². The van der Waals surface area contributed by atoms with Gasteiger partial charge in [0.1, 0.15) is 5.69 Å². The Kier molecular flexibility index (Phi) is 4.52. The number of benzene rings is 1. The van der Waals surface area contributed by atoms with Crippen molar-refractivity contribution >= 4 is 39.2 Å². The molecule has 1 aromatic carbocycles. The van der Waals surface area contributed by atoms with E-state index in [9.17, 15) is 20.2 Å². The lowest BCUT2D eigenvalue weighted by Crippen LogP contribution is -1.98. The molecule has 0 spiro atoms. The molecule has 0 unspecified atom stereocenters. The number of anilines is 1. The molecule has 1 aromatic rings. The Morgan fingerprint density at radius 2 is 2.06 bits per heavy atom. The predicted molar refractivity (Wildman–Crippen MR) is 65.7 cm³/mol. The molecule has 0 aromatic heterocycles. The second-order valence-corrected chi connectivity index (χ2v) is 3.44. The third kappa shape index (κ3) is 3.48. The standard InChI is InChI=1S/C8H7BrN4O4/c9-3-4-10-11-7-2-1-6(12(14)15)5-8(7)13(16)17/h1-2,4-5,11H,3H2/b10-4+. The Morgan fingerprint density at radius 1 is 1.35 bits per heavy atom. The molecule has 0 aliphatic rings. The summed E-state index contributed by atoms with van der Waals surface area (Å²) in [5.41, 5.74) is 1.79. The highest BCUT2D eigenvalue weighted by Crippen LogP contribution is 2.28. The van der Waals surface area contributed by atoms with E-state index < -0.39 is 15.5 Å². The molecule has 9 heteroatoms. The van der Waals surface area contributed by atoms with Gasteiger partial charge in [-0.2, -0.15) is 5.10 Å². The number of nitrogens with zero attached hydrogens (tertiary/aromatic N) is 3. The molecule has 0 saturated carbocycles. The summed E-state index contributed by atoms with van der Waals surface area (Å²) in [7, 11) is 0. The fourth-order valence-electron chi connectivity index (χ4n) is 1.03. The lowest BCUT2D eigenvalue weighted by atomic mass is 10.2. The van der Waals surface area contributed by atoms with Gasteiger partial charge in [-0.25, -0.2) is 0 Å². The fraction of sp³-hybridized carbons (Fsp3) is 0.125. The van der Waals surface area contributed by atoms with Crippen molar-refractivity contribution in [2.45, 2.75) is 0 Å². The topological polar surface area (TPSA) is 111 Å². The second kappa shape index (κ2) is 5.89. The molecular weight excluding hydrogens is 296 g/mol. The van der Waals surface area contributed by atoms with Gasteiger partial charge in [-0.1, -0.05) is 15.9 Å².